The minimum atomic E-state index is -0.989. The van der Waals surface area contributed by atoms with E-state index in [-0.39, 0.29) is 12.5 Å². The number of rotatable bonds is 6. The molecular formula is C9H18N2O3. The van der Waals surface area contributed by atoms with Gasteiger partial charge in [0.2, 0.25) is 5.91 Å². The van der Waals surface area contributed by atoms with Crippen LogP contribution in [0.3, 0.4) is 0 Å². The molecule has 0 fully saturated rings. The highest BCUT2D eigenvalue weighted by Crippen LogP contribution is 1.95. The van der Waals surface area contributed by atoms with E-state index in [9.17, 15) is 9.59 Å². The van der Waals surface area contributed by atoms with Crippen molar-refractivity contribution in [3.05, 3.63) is 0 Å². The SMILES string of the molecule is CCCNCC(=O)N(C)C(C)C(=O)O. The van der Waals surface area contributed by atoms with Crippen molar-refractivity contribution in [1.29, 1.82) is 0 Å². The molecule has 0 saturated heterocycles. The second-order valence-corrected chi connectivity index (χ2v) is 3.20. The van der Waals surface area contributed by atoms with E-state index in [2.05, 4.69) is 5.32 Å². The van der Waals surface area contributed by atoms with Gasteiger partial charge in [0.1, 0.15) is 6.04 Å². The van der Waals surface area contributed by atoms with Gasteiger partial charge in [-0.2, -0.15) is 0 Å². The van der Waals surface area contributed by atoms with Crippen LogP contribution in [-0.4, -0.2) is 48.1 Å². The number of hydrogen-bond acceptors (Lipinski definition) is 3. The molecule has 0 saturated carbocycles. The fraction of sp³-hybridized carbons (Fsp3) is 0.778. The average molecular weight is 202 g/mol. The summed E-state index contributed by atoms with van der Waals surface area (Å²) in [6, 6.07) is -0.772. The normalized spacial score (nSPS) is 12.2. The first-order chi connectivity index (χ1) is 6.50. The molecule has 1 unspecified atom stereocenters. The number of aliphatic carboxylic acids is 1. The minimum Gasteiger partial charge on any atom is -0.480 e. The summed E-state index contributed by atoms with van der Waals surface area (Å²) < 4.78 is 0. The number of nitrogens with one attached hydrogen (secondary N) is 1. The Labute approximate surface area is 84.1 Å². The number of carbonyl (C=O) groups is 2. The van der Waals surface area contributed by atoms with Crippen LogP contribution in [0.4, 0.5) is 0 Å². The lowest BCUT2D eigenvalue weighted by molar-refractivity contribution is -0.147. The van der Waals surface area contributed by atoms with E-state index < -0.39 is 12.0 Å². The highest BCUT2D eigenvalue weighted by molar-refractivity contribution is 5.84. The number of nitrogens with zero attached hydrogens (tertiary/aromatic N) is 1. The summed E-state index contributed by atoms with van der Waals surface area (Å²) >= 11 is 0. The van der Waals surface area contributed by atoms with Crippen molar-refractivity contribution in [2.75, 3.05) is 20.1 Å². The molecule has 0 rings (SSSR count). The fourth-order valence-electron chi connectivity index (χ4n) is 0.878. The van der Waals surface area contributed by atoms with Gasteiger partial charge in [-0.3, -0.25) is 4.79 Å². The maximum atomic E-state index is 11.4. The van der Waals surface area contributed by atoms with Gasteiger partial charge in [0.05, 0.1) is 6.54 Å². The summed E-state index contributed by atoms with van der Waals surface area (Å²) in [5, 5.41) is 11.6. The zero-order valence-electron chi connectivity index (χ0n) is 8.91. The molecule has 0 radical (unpaired) electrons. The van der Waals surface area contributed by atoms with Gasteiger partial charge >= 0.3 is 5.97 Å². The van der Waals surface area contributed by atoms with E-state index in [1.807, 2.05) is 6.92 Å². The lowest BCUT2D eigenvalue weighted by Crippen LogP contribution is -2.44. The van der Waals surface area contributed by atoms with E-state index in [4.69, 9.17) is 5.11 Å². The van der Waals surface area contributed by atoms with Crippen LogP contribution in [0.5, 0.6) is 0 Å². The molecule has 5 nitrogen and oxygen atoms in total. The van der Waals surface area contributed by atoms with Gasteiger partial charge in [-0.05, 0) is 19.9 Å². The van der Waals surface area contributed by atoms with Gasteiger partial charge in [0.25, 0.3) is 0 Å². The molecule has 0 bridgehead atoms. The second-order valence-electron chi connectivity index (χ2n) is 3.20. The van der Waals surface area contributed by atoms with E-state index >= 15 is 0 Å². The largest absolute Gasteiger partial charge is 0.480 e. The number of amides is 1. The van der Waals surface area contributed by atoms with E-state index in [0.29, 0.717) is 0 Å². The summed E-state index contributed by atoms with van der Waals surface area (Å²) in [5.74, 6) is -1.19. The molecule has 0 aromatic heterocycles. The molecule has 0 aromatic carbocycles. The smallest absolute Gasteiger partial charge is 0.326 e. The lowest BCUT2D eigenvalue weighted by Gasteiger charge is -2.21. The molecule has 1 amide bonds. The Bertz CT molecular complexity index is 206. The van der Waals surface area contributed by atoms with Crippen LogP contribution in [0.1, 0.15) is 20.3 Å². The first kappa shape index (κ1) is 12.9. The molecule has 82 valence electrons. The van der Waals surface area contributed by atoms with Crippen LogP contribution < -0.4 is 5.32 Å². The van der Waals surface area contributed by atoms with Gasteiger partial charge in [0.15, 0.2) is 0 Å². The first-order valence-corrected chi connectivity index (χ1v) is 4.69. The Hall–Kier alpha value is -1.10. The summed E-state index contributed by atoms with van der Waals surface area (Å²) in [6.45, 7) is 4.45. The number of hydrogen-bond donors (Lipinski definition) is 2. The molecule has 0 aliphatic heterocycles. The van der Waals surface area contributed by atoms with Gasteiger partial charge in [-0.25, -0.2) is 4.79 Å². The van der Waals surface area contributed by atoms with Crippen LogP contribution in [-0.2, 0) is 9.59 Å². The molecule has 0 heterocycles. The van der Waals surface area contributed by atoms with Crippen LogP contribution in [0.2, 0.25) is 0 Å². The Morgan fingerprint density at radius 3 is 2.50 bits per heavy atom. The molecule has 0 aliphatic carbocycles. The third kappa shape index (κ3) is 4.23. The number of carboxylic acids is 1. The molecule has 0 spiro atoms. The van der Waals surface area contributed by atoms with Crippen molar-refractivity contribution in [3.8, 4) is 0 Å². The van der Waals surface area contributed by atoms with Crippen LogP contribution in [0.25, 0.3) is 0 Å². The predicted molar refractivity (Wildman–Crippen MR) is 53.0 cm³/mol. The predicted octanol–water partition coefficient (Wildman–Crippen LogP) is -0.0825. The third-order valence-corrected chi connectivity index (χ3v) is 2.03. The van der Waals surface area contributed by atoms with Gasteiger partial charge < -0.3 is 15.3 Å². The third-order valence-electron chi connectivity index (χ3n) is 2.03. The Kier molecular flexibility index (Phi) is 5.87. The van der Waals surface area contributed by atoms with E-state index in [1.165, 1.54) is 18.9 Å². The molecule has 2 N–H and O–H groups in total. The Balaban J connectivity index is 3.92. The zero-order valence-corrected chi connectivity index (χ0v) is 8.91. The average Bonchev–Trinajstić information content (AvgIpc) is 2.15. The highest BCUT2D eigenvalue weighted by Gasteiger charge is 2.20. The van der Waals surface area contributed by atoms with Crippen LogP contribution in [0, 0.1) is 0 Å². The standard InChI is InChI=1S/C9H18N2O3/c1-4-5-10-6-8(12)11(3)7(2)9(13)14/h7,10H,4-6H2,1-3H3,(H,13,14). The molecule has 5 heteroatoms. The summed E-state index contributed by atoms with van der Waals surface area (Å²) in [7, 11) is 1.49. The highest BCUT2D eigenvalue weighted by atomic mass is 16.4. The number of carbonyl (C=O) groups excluding carboxylic acids is 1. The van der Waals surface area contributed by atoms with Gasteiger partial charge in [0, 0.05) is 7.05 Å². The maximum absolute atomic E-state index is 11.4. The van der Waals surface area contributed by atoms with Crippen molar-refractivity contribution >= 4 is 11.9 Å². The lowest BCUT2D eigenvalue weighted by atomic mass is 10.3. The zero-order chi connectivity index (χ0) is 11.1. The van der Waals surface area contributed by atoms with Crippen molar-refractivity contribution in [2.45, 2.75) is 26.3 Å². The summed E-state index contributed by atoms with van der Waals surface area (Å²) in [5.41, 5.74) is 0. The van der Waals surface area contributed by atoms with Crippen molar-refractivity contribution in [1.82, 2.24) is 10.2 Å². The van der Waals surface area contributed by atoms with E-state index in [0.717, 1.165) is 13.0 Å². The Morgan fingerprint density at radius 2 is 2.07 bits per heavy atom. The van der Waals surface area contributed by atoms with Crippen molar-refractivity contribution in [3.63, 3.8) is 0 Å². The van der Waals surface area contributed by atoms with Crippen molar-refractivity contribution < 1.29 is 14.7 Å². The van der Waals surface area contributed by atoms with Crippen molar-refractivity contribution in [2.24, 2.45) is 0 Å². The monoisotopic (exact) mass is 202 g/mol. The minimum absolute atomic E-state index is 0.196. The molecular weight excluding hydrogens is 184 g/mol. The first-order valence-electron chi connectivity index (χ1n) is 4.69. The quantitative estimate of drug-likeness (QED) is 0.591. The van der Waals surface area contributed by atoms with Gasteiger partial charge in [-0.15, -0.1) is 0 Å². The molecule has 1 atom stereocenters. The fourth-order valence-corrected chi connectivity index (χ4v) is 0.878. The summed E-state index contributed by atoms with van der Waals surface area (Å²) in [6.07, 6.45) is 0.950. The topological polar surface area (TPSA) is 69.6 Å². The molecule has 0 aromatic rings. The van der Waals surface area contributed by atoms with Crippen LogP contribution >= 0.6 is 0 Å². The maximum Gasteiger partial charge on any atom is 0.326 e. The Morgan fingerprint density at radius 1 is 1.50 bits per heavy atom. The van der Waals surface area contributed by atoms with Gasteiger partial charge in [-0.1, -0.05) is 6.92 Å². The molecule has 14 heavy (non-hydrogen) atoms. The van der Waals surface area contributed by atoms with Crippen LogP contribution in [0.15, 0.2) is 0 Å². The second kappa shape index (κ2) is 6.37. The molecule has 0 aliphatic rings. The number of likely N-dealkylation sites (N-methyl/N-ethyl adjacent to an activating group) is 1. The van der Waals surface area contributed by atoms with E-state index in [1.54, 1.807) is 0 Å². The summed E-state index contributed by atoms with van der Waals surface area (Å²) in [4.78, 5) is 23.2. The number of carboxylic acid groups (broad SMARTS) is 1.